The molecule has 0 saturated heterocycles. The maximum Gasteiger partial charge on any atom is 0.151 e. The molecule has 6 heteroatoms. The van der Waals surface area contributed by atoms with Crippen LogP contribution in [-0.2, 0) is 0 Å². The summed E-state index contributed by atoms with van der Waals surface area (Å²) in [6.07, 6.45) is 0. The molecule has 0 amide bonds. The minimum Gasteiger partial charge on any atom is -0.506 e. The molecule has 6 N–H and O–H groups in total. The van der Waals surface area contributed by atoms with Crippen LogP contribution in [0.25, 0.3) is 32.7 Å². The van der Waals surface area contributed by atoms with Crippen molar-refractivity contribution in [1.82, 2.24) is 0 Å². The molecular weight excluding hydrogens is 669 g/mol. The number of phenols is 2. The molecule has 0 fully saturated rings. The average Bonchev–Trinajstić information content (AvgIpc) is 3.20. The molecule has 0 aliphatic heterocycles. The van der Waals surface area contributed by atoms with Gasteiger partial charge in [0.15, 0.2) is 11.5 Å². The van der Waals surface area contributed by atoms with Crippen molar-refractivity contribution >= 4 is 32.9 Å². The molecule has 0 aromatic heterocycles. The highest BCUT2D eigenvalue weighted by Gasteiger charge is 2.25. The van der Waals surface area contributed by atoms with E-state index in [2.05, 4.69) is 23.7 Å². The smallest absolute Gasteiger partial charge is 0.151 e. The number of rotatable bonds is 5. The predicted molar refractivity (Wildman–Crippen MR) is 217 cm³/mol. The van der Waals surface area contributed by atoms with Gasteiger partial charge in [0.1, 0.15) is 23.0 Å². The zero-order chi connectivity index (χ0) is 37.0. The van der Waals surface area contributed by atoms with Crippen molar-refractivity contribution in [3.8, 4) is 69.3 Å². The van der Waals surface area contributed by atoms with E-state index < -0.39 is 0 Å². The van der Waals surface area contributed by atoms with Crippen molar-refractivity contribution in [2.75, 3.05) is 11.5 Å². The standard InChI is InChI=1S/C48H32N2O4/c49-41-29-37(23-25-43(41)51)53-47-35(21-19-31-11-3-1-4-12-31)27-33-15-7-9-17-39(33)45(47)46-40-18-10-8-16-34(40)28-36(22-20-32-13-5-2-6-14-32)48(46)54-38-24-26-44(52)42(50)30-38/h1-18,23-30,51-52H,49-50H2. The summed E-state index contributed by atoms with van der Waals surface area (Å²) in [5.41, 5.74) is 17.0. The van der Waals surface area contributed by atoms with Gasteiger partial charge >= 0.3 is 0 Å². The topological polar surface area (TPSA) is 111 Å². The number of phenolic OH excluding ortho intramolecular Hbond substituents is 2. The largest absolute Gasteiger partial charge is 0.506 e. The molecule has 0 saturated carbocycles. The highest BCUT2D eigenvalue weighted by atomic mass is 16.5. The van der Waals surface area contributed by atoms with E-state index in [0.29, 0.717) is 45.3 Å². The molecule has 8 aromatic rings. The van der Waals surface area contributed by atoms with Crippen molar-refractivity contribution in [1.29, 1.82) is 0 Å². The summed E-state index contributed by atoms with van der Waals surface area (Å²) < 4.78 is 13.7. The van der Waals surface area contributed by atoms with Crippen molar-refractivity contribution in [3.05, 3.63) is 180 Å². The Morgan fingerprint density at radius 2 is 0.796 bits per heavy atom. The first-order chi connectivity index (χ1) is 26.4. The maximum absolute atomic E-state index is 10.3. The van der Waals surface area contributed by atoms with Gasteiger partial charge in [-0.1, -0.05) is 109 Å². The molecular formula is C48H32N2O4. The molecule has 0 heterocycles. The number of hydrogen-bond acceptors (Lipinski definition) is 6. The Morgan fingerprint density at radius 1 is 0.407 bits per heavy atom. The van der Waals surface area contributed by atoms with Crippen LogP contribution in [0.5, 0.6) is 34.5 Å². The van der Waals surface area contributed by atoms with Gasteiger partial charge in [-0.2, -0.15) is 0 Å². The van der Waals surface area contributed by atoms with Gasteiger partial charge in [0.05, 0.1) is 22.5 Å². The molecule has 0 aliphatic rings. The molecule has 8 aromatic carbocycles. The molecule has 54 heavy (non-hydrogen) atoms. The van der Waals surface area contributed by atoms with Gasteiger partial charge in [-0.05, 0) is 82.2 Å². The van der Waals surface area contributed by atoms with Crippen LogP contribution in [0.4, 0.5) is 11.4 Å². The average molecular weight is 701 g/mol. The van der Waals surface area contributed by atoms with Gasteiger partial charge in [0.2, 0.25) is 0 Å². The van der Waals surface area contributed by atoms with Gasteiger partial charge in [0, 0.05) is 34.4 Å². The highest BCUT2D eigenvalue weighted by molar-refractivity contribution is 6.11. The van der Waals surface area contributed by atoms with E-state index in [-0.39, 0.29) is 22.9 Å². The van der Waals surface area contributed by atoms with Crippen LogP contribution >= 0.6 is 0 Å². The first-order valence-corrected chi connectivity index (χ1v) is 17.2. The van der Waals surface area contributed by atoms with Crippen molar-refractivity contribution in [3.63, 3.8) is 0 Å². The number of ether oxygens (including phenoxy) is 2. The lowest BCUT2D eigenvalue weighted by molar-refractivity contribution is 0.464. The summed E-state index contributed by atoms with van der Waals surface area (Å²) in [5.74, 6) is 15.1. The van der Waals surface area contributed by atoms with Gasteiger partial charge in [0.25, 0.3) is 0 Å². The van der Waals surface area contributed by atoms with Gasteiger partial charge < -0.3 is 31.2 Å². The van der Waals surface area contributed by atoms with Gasteiger partial charge in [-0.25, -0.2) is 0 Å². The maximum atomic E-state index is 10.3. The number of hydrogen-bond donors (Lipinski definition) is 4. The third kappa shape index (κ3) is 6.79. The molecule has 0 spiro atoms. The van der Waals surface area contributed by atoms with E-state index in [1.165, 1.54) is 12.1 Å². The fourth-order valence-electron chi connectivity index (χ4n) is 6.30. The Hall–Kier alpha value is -7.80. The zero-order valence-electron chi connectivity index (χ0n) is 28.9. The quantitative estimate of drug-likeness (QED) is 0.0808. The minimum atomic E-state index is -0.0512. The first-order valence-electron chi connectivity index (χ1n) is 17.2. The van der Waals surface area contributed by atoms with Crippen molar-refractivity contribution in [2.24, 2.45) is 0 Å². The van der Waals surface area contributed by atoms with E-state index in [1.807, 2.05) is 121 Å². The van der Waals surface area contributed by atoms with Crippen LogP contribution in [0, 0.1) is 23.7 Å². The lowest BCUT2D eigenvalue weighted by Gasteiger charge is -2.22. The number of nitrogens with two attached hydrogens (primary N) is 2. The van der Waals surface area contributed by atoms with Crippen LogP contribution in [0.3, 0.4) is 0 Å². The second-order valence-corrected chi connectivity index (χ2v) is 12.6. The number of nitrogen functional groups attached to an aromatic ring is 2. The zero-order valence-corrected chi connectivity index (χ0v) is 28.9. The molecule has 0 atom stereocenters. The highest BCUT2D eigenvalue weighted by Crippen LogP contribution is 2.50. The summed E-state index contributed by atoms with van der Waals surface area (Å²) in [5, 5.41) is 24.2. The Morgan fingerprint density at radius 3 is 1.20 bits per heavy atom. The Bertz CT molecular complexity index is 2630. The molecule has 6 nitrogen and oxygen atoms in total. The SMILES string of the molecule is Nc1cc(Oc2c(C#Cc3ccccc3)cc3ccccc3c2-c2c(Oc3ccc(O)c(N)c3)c(C#Cc3ccccc3)cc3ccccc23)ccc1O. The van der Waals surface area contributed by atoms with Crippen molar-refractivity contribution < 1.29 is 19.7 Å². The number of aromatic hydroxyl groups is 2. The molecule has 0 bridgehead atoms. The van der Waals surface area contributed by atoms with E-state index in [4.69, 9.17) is 20.9 Å². The Labute approximate surface area is 312 Å². The first kappa shape index (κ1) is 33.3. The predicted octanol–water partition coefficient (Wildman–Crippen LogP) is 10.6. The number of fused-ring (bicyclic) bond motifs is 2. The van der Waals surface area contributed by atoms with Crippen LogP contribution in [0.15, 0.2) is 158 Å². The monoisotopic (exact) mass is 700 g/mol. The Kier molecular flexibility index (Phi) is 8.92. The summed E-state index contributed by atoms with van der Waals surface area (Å²) in [4.78, 5) is 0. The summed E-state index contributed by atoms with van der Waals surface area (Å²) >= 11 is 0. The Balaban J connectivity index is 1.50. The summed E-state index contributed by atoms with van der Waals surface area (Å²) in [6, 6.07) is 49.1. The van der Waals surface area contributed by atoms with Gasteiger partial charge in [-0.15, -0.1) is 0 Å². The van der Waals surface area contributed by atoms with Crippen LogP contribution < -0.4 is 20.9 Å². The molecule has 0 unspecified atom stereocenters. The second-order valence-electron chi connectivity index (χ2n) is 12.6. The molecule has 8 rings (SSSR count). The number of anilines is 2. The summed E-state index contributed by atoms with van der Waals surface area (Å²) in [7, 11) is 0. The lowest BCUT2D eigenvalue weighted by atomic mass is 9.88. The third-order valence-corrected chi connectivity index (χ3v) is 8.92. The van der Waals surface area contributed by atoms with Crippen LogP contribution in [0.2, 0.25) is 0 Å². The van der Waals surface area contributed by atoms with E-state index in [1.54, 1.807) is 24.3 Å². The number of benzene rings is 8. The normalized spacial score (nSPS) is 10.6. The molecule has 0 aliphatic carbocycles. The fourth-order valence-corrected chi connectivity index (χ4v) is 6.30. The second kappa shape index (κ2) is 14.4. The van der Waals surface area contributed by atoms with E-state index in [9.17, 15) is 10.2 Å². The van der Waals surface area contributed by atoms with Crippen LogP contribution in [-0.4, -0.2) is 10.2 Å². The van der Waals surface area contributed by atoms with E-state index >= 15 is 0 Å². The molecule has 0 radical (unpaired) electrons. The third-order valence-electron chi connectivity index (χ3n) is 8.92. The van der Waals surface area contributed by atoms with Crippen molar-refractivity contribution in [2.45, 2.75) is 0 Å². The minimum absolute atomic E-state index is 0.0512. The van der Waals surface area contributed by atoms with E-state index in [0.717, 1.165) is 32.7 Å². The lowest BCUT2D eigenvalue weighted by Crippen LogP contribution is -2.00. The summed E-state index contributed by atoms with van der Waals surface area (Å²) in [6.45, 7) is 0. The van der Waals surface area contributed by atoms with Gasteiger partial charge in [-0.3, -0.25) is 0 Å². The fraction of sp³-hybridized carbons (Fsp3) is 0. The molecule has 258 valence electrons. The van der Waals surface area contributed by atoms with Crippen LogP contribution in [0.1, 0.15) is 22.3 Å².